The lowest BCUT2D eigenvalue weighted by Crippen LogP contribution is -2.06. The molecule has 0 saturated heterocycles. The van der Waals surface area contributed by atoms with E-state index in [1.54, 1.807) is 24.3 Å². The minimum atomic E-state index is -3.77. The fourth-order valence-electron chi connectivity index (χ4n) is 2.90. The Morgan fingerprint density at radius 1 is 0.586 bits per heavy atom. The van der Waals surface area contributed by atoms with Gasteiger partial charge in [0.05, 0.1) is 6.61 Å². The largest absolute Gasteiger partial charge is 0.587 e. The first-order chi connectivity index (χ1) is 14.2. The molecule has 3 rings (SSSR count). The van der Waals surface area contributed by atoms with Gasteiger partial charge in [0, 0.05) is 0 Å². The van der Waals surface area contributed by atoms with Gasteiger partial charge in [0.25, 0.3) is 0 Å². The van der Waals surface area contributed by atoms with Gasteiger partial charge >= 0.3 is 7.82 Å². The molecule has 0 saturated carbocycles. The number of hydrogen-bond donors (Lipinski definition) is 0. The van der Waals surface area contributed by atoms with E-state index in [1.165, 1.54) is 5.56 Å². The normalized spacial score (nSPS) is 11.2. The molecule has 0 unspecified atom stereocenters. The first-order valence-electron chi connectivity index (χ1n) is 10.0. The number of benzene rings is 3. The summed E-state index contributed by atoms with van der Waals surface area (Å²) < 4.78 is 30.0. The highest BCUT2D eigenvalue weighted by Gasteiger charge is 2.30. The Balaban J connectivity index is 1.46. The Morgan fingerprint density at radius 2 is 1.07 bits per heavy atom. The Hall–Kier alpha value is -2.55. The van der Waals surface area contributed by atoms with Gasteiger partial charge in [-0.05, 0) is 49.1 Å². The van der Waals surface area contributed by atoms with Crippen LogP contribution in [0.3, 0.4) is 0 Å². The van der Waals surface area contributed by atoms with Gasteiger partial charge in [-0.1, -0.05) is 79.6 Å². The van der Waals surface area contributed by atoms with Crippen molar-refractivity contribution in [1.29, 1.82) is 0 Å². The van der Waals surface area contributed by atoms with E-state index >= 15 is 0 Å². The van der Waals surface area contributed by atoms with Gasteiger partial charge in [0.1, 0.15) is 11.5 Å². The molecule has 0 aliphatic rings. The van der Waals surface area contributed by atoms with Crippen LogP contribution < -0.4 is 9.05 Å². The van der Waals surface area contributed by atoms with Crippen molar-refractivity contribution < 1.29 is 18.1 Å². The molecule has 0 spiro atoms. The Kier molecular flexibility index (Phi) is 8.36. The van der Waals surface area contributed by atoms with E-state index in [0.717, 1.165) is 32.1 Å². The SMILES string of the molecule is O=P(OCCCCCCc1ccccc1)(Oc1ccccc1)Oc1ccccc1. The van der Waals surface area contributed by atoms with E-state index < -0.39 is 7.82 Å². The predicted molar refractivity (Wildman–Crippen MR) is 116 cm³/mol. The second-order valence-corrected chi connectivity index (χ2v) is 8.26. The molecule has 0 heterocycles. The Morgan fingerprint density at radius 3 is 1.62 bits per heavy atom. The monoisotopic (exact) mass is 410 g/mol. The number of aryl methyl sites for hydroxylation is 1. The van der Waals surface area contributed by atoms with E-state index in [-0.39, 0.29) is 0 Å². The zero-order valence-corrected chi connectivity index (χ0v) is 17.4. The summed E-state index contributed by atoms with van der Waals surface area (Å²) >= 11 is 0. The zero-order chi connectivity index (χ0) is 20.2. The zero-order valence-electron chi connectivity index (χ0n) is 16.5. The molecule has 29 heavy (non-hydrogen) atoms. The van der Waals surface area contributed by atoms with Crippen molar-refractivity contribution in [1.82, 2.24) is 0 Å². The second kappa shape index (κ2) is 11.5. The fraction of sp³-hybridized carbons (Fsp3) is 0.250. The van der Waals surface area contributed by atoms with Gasteiger partial charge in [-0.3, -0.25) is 4.52 Å². The molecule has 0 aliphatic heterocycles. The van der Waals surface area contributed by atoms with E-state index in [0.29, 0.717) is 18.1 Å². The number of para-hydroxylation sites is 2. The van der Waals surface area contributed by atoms with Crippen LogP contribution in [-0.4, -0.2) is 6.61 Å². The Bertz CT molecular complexity index is 824. The predicted octanol–water partition coefficient (Wildman–Crippen LogP) is 7.07. The highest BCUT2D eigenvalue weighted by molar-refractivity contribution is 7.49. The van der Waals surface area contributed by atoms with Crippen LogP contribution in [-0.2, 0) is 15.5 Å². The van der Waals surface area contributed by atoms with Crippen molar-refractivity contribution >= 4 is 7.82 Å². The second-order valence-electron chi connectivity index (χ2n) is 6.74. The Labute approximate surface area is 173 Å². The van der Waals surface area contributed by atoms with Crippen LogP contribution in [0.4, 0.5) is 0 Å². The molecule has 0 bridgehead atoms. The average Bonchev–Trinajstić information content (AvgIpc) is 2.75. The van der Waals surface area contributed by atoms with Crippen LogP contribution in [0, 0.1) is 0 Å². The van der Waals surface area contributed by atoms with Crippen LogP contribution in [0.5, 0.6) is 11.5 Å². The molecule has 0 atom stereocenters. The summed E-state index contributed by atoms with van der Waals surface area (Å²) in [5.74, 6) is 0.907. The highest BCUT2D eigenvalue weighted by atomic mass is 31.2. The van der Waals surface area contributed by atoms with Crippen LogP contribution in [0.25, 0.3) is 0 Å². The van der Waals surface area contributed by atoms with Gasteiger partial charge in [-0.25, -0.2) is 4.57 Å². The molecule has 0 radical (unpaired) electrons. The number of hydrogen-bond acceptors (Lipinski definition) is 4. The topological polar surface area (TPSA) is 44.8 Å². The minimum Gasteiger partial charge on any atom is -0.395 e. The van der Waals surface area contributed by atoms with Crippen molar-refractivity contribution in [3.8, 4) is 11.5 Å². The lowest BCUT2D eigenvalue weighted by molar-refractivity contribution is 0.205. The molecule has 0 aliphatic carbocycles. The molecule has 5 heteroatoms. The van der Waals surface area contributed by atoms with Gasteiger partial charge in [0.2, 0.25) is 0 Å². The highest BCUT2D eigenvalue weighted by Crippen LogP contribution is 2.49. The maximum Gasteiger partial charge on any atom is 0.587 e. The molecule has 3 aromatic carbocycles. The summed E-state index contributed by atoms with van der Waals surface area (Å²) in [5.41, 5.74) is 1.36. The van der Waals surface area contributed by atoms with E-state index in [9.17, 15) is 4.57 Å². The van der Waals surface area contributed by atoms with Crippen molar-refractivity contribution in [3.05, 3.63) is 96.6 Å². The maximum absolute atomic E-state index is 13.2. The summed E-state index contributed by atoms with van der Waals surface area (Å²) in [6.45, 7) is 0.322. The molecule has 3 aromatic rings. The third-order valence-electron chi connectivity index (χ3n) is 4.37. The lowest BCUT2D eigenvalue weighted by Gasteiger charge is -2.19. The number of unbranched alkanes of at least 4 members (excludes halogenated alkanes) is 3. The van der Waals surface area contributed by atoms with Crippen molar-refractivity contribution in [3.63, 3.8) is 0 Å². The smallest absolute Gasteiger partial charge is 0.395 e. The van der Waals surface area contributed by atoms with Crippen molar-refractivity contribution in [2.75, 3.05) is 6.61 Å². The van der Waals surface area contributed by atoms with Gasteiger partial charge in [-0.2, -0.15) is 0 Å². The molecular weight excluding hydrogens is 383 g/mol. The third-order valence-corrected chi connectivity index (χ3v) is 5.74. The van der Waals surface area contributed by atoms with Crippen LogP contribution in [0.2, 0.25) is 0 Å². The number of phosphoric acid groups is 1. The fourth-order valence-corrected chi connectivity index (χ4v) is 4.15. The maximum atomic E-state index is 13.2. The van der Waals surface area contributed by atoms with Crippen molar-refractivity contribution in [2.24, 2.45) is 0 Å². The van der Waals surface area contributed by atoms with E-state index in [4.69, 9.17) is 13.6 Å². The van der Waals surface area contributed by atoms with Crippen LogP contribution >= 0.6 is 7.82 Å². The van der Waals surface area contributed by atoms with E-state index in [2.05, 4.69) is 24.3 Å². The third kappa shape index (κ3) is 7.77. The number of phosphoric ester groups is 1. The first kappa shape index (κ1) is 21.2. The average molecular weight is 410 g/mol. The lowest BCUT2D eigenvalue weighted by atomic mass is 10.1. The van der Waals surface area contributed by atoms with Gasteiger partial charge in [0.15, 0.2) is 0 Å². The van der Waals surface area contributed by atoms with Crippen LogP contribution in [0.15, 0.2) is 91.0 Å². The van der Waals surface area contributed by atoms with Gasteiger partial charge in [-0.15, -0.1) is 0 Å². The first-order valence-corrected chi connectivity index (χ1v) is 11.5. The van der Waals surface area contributed by atoms with Crippen LogP contribution in [0.1, 0.15) is 31.2 Å². The summed E-state index contributed by atoms with van der Waals surface area (Å²) in [4.78, 5) is 0. The van der Waals surface area contributed by atoms with Crippen molar-refractivity contribution in [2.45, 2.75) is 32.1 Å². The quantitative estimate of drug-likeness (QED) is 0.237. The summed E-state index contributed by atoms with van der Waals surface area (Å²) in [6.07, 6.45) is 5.11. The molecule has 0 amide bonds. The molecule has 0 aromatic heterocycles. The summed E-state index contributed by atoms with van der Waals surface area (Å²) in [5, 5.41) is 0. The number of rotatable bonds is 12. The molecule has 0 fully saturated rings. The minimum absolute atomic E-state index is 0.322. The summed E-state index contributed by atoms with van der Waals surface area (Å²) in [7, 11) is -3.77. The van der Waals surface area contributed by atoms with E-state index in [1.807, 2.05) is 42.5 Å². The summed E-state index contributed by atoms with van der Waals surface area (Å²) in [6, 6.07) is 28.4. The van der Waals surface area contributed by atoms with Gasteiger partial charge < -0.3 is 9.05 Å². The molecule has 4 nitrogen and oxygen atoms in total. The molecular formula is C24H27O4P. The standard InChI is InChI=1S/C24H27O4P/c25-29(27-23-17-9-4-10-18-23,28-24-19-11-5-12-20-24)26-21-13-2-1-6-14-22-15-7-3-8-16-22/h3-5,7-12,15-20H,1-2,6,13-14,21H2. The molecule has 152 valence electrons. The molecule has 0 N–H and O–H groups in total.